The first kappa shape index (κ1) is 24.6. The van der Waals surface area contributed by atoms with Gasteiger partial charge in [-0.1, -0.05) is 24.3 Å². The molecule has 0 spiro atoms. The number of nitrogens with two attached hydrogens (primary N) is 2. The van der Waals surface area contributed by atoms with Gasteiger partial charge in [0.25, 0.3) is 11.8 Å². The third-order valence-electron chi connectivity index (χ3n) is 5.48. The summed E-state index contributed by atoms with van der Waals surface area (Å²) in [4.78, 5) is 54.3. The van der Waals surface area contributed by atoms with E-state index >= 15 is 0 Å². The van der Waals surface area contributed by atoms with Gasteiger partial charge in [-0.2, -0.15) is 0 Å². The summed E-state index contributed by atoms with van der Waals surface area (Å²) in [6.45, 7) is 9.23. The van der Waals surface area contributed by atoms with Crippen LogP contribution in [0.1, 0.15) is 69.1 Å². The van der Waals surface area contributed by atoms with E-state index in [0.717, 1.165) is 0 Å². The van der Waals surface area contributed by atoms with Crippen LogP contribution >= 0.6 is 0 Å². The fourth-order valence-electron chi connectivity index (χ4n) is 3.78. The van der Waals surface area contributed by atoms with Gasteiger partial charge in [0.1, 0.15) is 0 Å². The minimum absolute atomic E-state index is 0.0447. The van der Waals surface area contributed by atoms with Crippen molar-refractivity contribution in [2.24, 2.45) is 11.5 Å². The average molecular weight is 439 g/mol. The van der Waals surface area contributed by atoms with Crippen LogP contribution in [0.4, 0.5) is 0 Å². The third kappa shape index (κ3) is 4.64. The quantitative estimate of drug-likeness (QED) is 0.623. The molecule has 0 saturated carbocycles. The fourth-order valence-corrected chi connectivity index (χ4v) is 3.78. The van der Waals surface area contributed by atoms with Crippen LogP contribution in [0.3, 0.4) is 0 Å². The predicted molar refractivity (Wildman–Crippen MR) is 123 cm³/mol. The molecule has 8 nitrogen and oxygen atoms in total. The lowest BCUT2D eigenvalue weighted by Crippen LogP contribution is -2.36. The molecule has 0 aromatic heterocycles. The second kappa shape index (κ2) is 10.6. The van der Waals surface area contributed by atoms with Crippen molar-refractivity contribution in [3.63, 3.8) is 0 Å². The van der Waals surface area contributed by atoms with Crippen molar-refractivity contribution in [3.05, 3.63) is 58.7 Å². The van der Waals surface area contributed by atoms with Gasteiger partial charge in [0.2, 0.25) is 11.8 Å². The van der Waals surface area contributed by atoms with Crippen LogP contribution in [0, 0.1) is 0 Å². The SMILES string of the molecule is CCN(CC)C(=O)c1cccc(-c2cccc(C(N)=O)c2C(N)=O)c1C(=O)N(CC)CC. The molecule has 0 heterocycles. The van der Waals surface area contributed by atoms with Crippen LogP contribution < -0.4 is 11.5 Å². The summed E-state index contributed by atoms with van der Waals surface area (Å²) in [5.41, 5.74) is 11.9. The summed E-state index contributed by atoms with van der Waals surface area (Å²) in [7, 11) is 0. The van der Waals surface area contributed by atoms with Gasteiger partial charge in [-0.05, 0) is 51.0 Å². The molecular formula is C24H30N4O4. The molecule has 0 aliphatic carbocycles. The Kier molecular flexibility index (Phi) is 8.12. The zero-order valence-electron chi connectivity index (χ0n) is 19.0. The van der Waals surface area contributed by atoms with Gasteiger partial charge in [-0.15, -0.1) is 0 Å². The van der Waals surface area contributed by atoms with Crippen LogP contribution in [0.25, 0.3) is 11.1 Å². The van der Waals surface area contributed by atoms with Gasteiger partial charge in [0, 0.05) is 26.2 Å². The highest BCUT2D eigenvalue weighted by atomic mass is 16.2. The van der Waals surface area contributed by atoms with Crippen LogP contribution in [0.15, 0.2) is 36.4 Å². The monoisotopic (exact) mass is 438 g/mol. The van der Waals surface area contributed by atoms with Gasteiger partial charge in [-0.3, -0.25) is 19.2 Å². The first-order valence-corrected chi connectivity index (χ1v) is 10.7. The Morgan fingerprint density at radius 1 is 0.625 bits per heavy atom. The fraction of sp³-hybridized carbons (Fsp3) is 0.333. The van der Waals surface area contributed by atoms with Crippen LogP contribution in [0.2, 0.25) is 0 Å². The van der Waals surface area contributed by atoms with Crippen molar-refractivity contribution in [3.8, 4) is 11.1 Å². The molecule has 8 heteroatoms. The Labute approximate surface area is 188 Å². The number of carbonyl (C=O) groups is 4. The second-order valence-electron chi connectivity index (χ2n) is 7.14. The van der Waals surface area contributed by atoms with Crippen LogP contribution in [-0.4, -0.2) is 59.6 Å². The van der Waals surface area contributed by atoms with Crippen molar-refractivity contribution in [2.75, 3.05) is 26.2 Å². The standard InChI is InChI=1S/C24H30N4O4/c1-5-27(6-2)23(31)18-14-10-12-16(20(18)24(32)28(7-3)8-4)15-11-9-13-17(21(25)29)19(15)22(26)30/h9-14H,5-8H2,1-4H3,(H2,25,29)(H2,26,30). The molecule has 0 aliphatic heterocycles. The summed E-state index contributed by atoms with van der Waals surface area (Å²) < 4.78 is 0. The molecule has 0 aliphatic rings. The maximum absolute atomic E-state index is 13.6. The predicted octanol–water partition coefficient (Wildman–Crippen LogP) is 2.52. The van der Waals surface area contributed by atoms with E-state index in [2.05, 4.69) is 0 Å². The Bertz CT molecular complexity index is 1040. The molecule has 0 fully saturated rings. The minimum Gasteiger partial charge on any atom is -0.366 e. The van der Waals surface area contributed by atoms with Crippen molar-refractivity contribution >= 4 is 23.6 Å². The smallest absolute Gasteiger partial charge is 0.255 e. The van der Waals surface area contributed by atoms with Crippen molar-refractivity contribution in [2.45, 2.75) is 27.7 Å². The van der Waals surface area contributed by atoms with Gasteiger partial charge >= 0.3 is 0 Å². The number of rotatable bonds is 9. The van der Waals surface area contributed by atoms with Gasteiger partial charge in [0.15, 0.2) is 0 Å². The number of carbonyl (C=O) groups excluding carboxylic acids is 4. The lowest BCUT2D eigenvalue weighted by molar-refractivity contribution is 0.0734. The molecule has 2 aromatic rings. The van der Waals surface area contributed by atoms with Crippen LogP contribution in [-0.2, 0) is 0 Å². The van der Waals surface area contributed by atoms with E-state index in [-0.39, 0.29) is 39.6 Å². The first-order valence-electron chi connectivity index (χ1n) is 10.7. The summed E-state index contributed by atoms with van der Waals surface area (Å²) in [6.07, 6.45) is 0. The summed E-state index contributed by atoms with van der Waals surface area (Å²) >= 11 is 0. The molecule has 4 amide bonds. The van der Waals surface area contributed by atoms with Gasteiger partial charge in [-0.25, -0.2) is 0 Å². The molecule has 0 radical (unpaired) electrons. The Balaban J connectivity index is 2.94. The summed E-state index contributed by atoms with van der Waals surface area (Å²) in [6, 6.07) is 9.44. The number of amides is 4. The first-order chi connectivity index (χ1) is 15.2. The lowest BCUT2D eigenvalue weighted by Gasteiger charge is -2.25. The molecule has 2 aromatic carbocycles. The molecule has 0 unspecified atom stereocenters. The second-order valence-corrected chi connectivity index (χ2v) is 7.14. The van der Waals surface area contributed by atoms with E-state index in [9.17, 15) is 19.2 Å². The van der Waals surface area contributed by atoms with E-state index in [1.807, 2.05) is 27.7 Å². The molecule has 2 rings (SSSR count). The maximum Gasteiger partial charge on any atom is 0.255 e. The highest BCUT2D eigenvalue weighted by Gasteiger charge is 2.29. The molecule has 170 valence electrons. The molecule has 32 heavy (non-hydrogen) atoms. The lowest BCUT2D eigenvalue weighted by atomic mass is 9.88. The van der Waals surface area contributed by atoms with E-state index in [0.29, 0.717) is 31.7 Å². The molecular weight excluding hydrogens is 408 g/mol. The van der Waals surface area contributed by atoms with E-state index in [1.54, 1.807) is 40.1 Å². The number of nitrogens with zero attached hydrogens (tertiary/aromatic N) is 2. The molecule has 0 bridgehead atoms. The minimum atomic E-state index is -0.851. The Morgan fingerprint density at radius 3 is 1.50 bits per heavy atom. The summed E-state index contributed by atoms with van der Waals surface area (Å²) in [5.74, 6) is -2.30. The number of primary amides is 2. The Morgan fingerprint density at radius 2 is 1.06 bits per heavy atom. The molecule has 0 atom stereocenters. The molecule has 0 saturated heterocycles. The normalized spacial score (nSPS) is 10.5. The average Bonchev–Trinajstić information content (AvgIpc) is 2.79. The van der Waals surface area contributed by atoms with Crippen molar-refractivity contribution in [1.82, 2.24) is 9.80 Å². The maximum atomic E-state index is 13.6. The Hall–Kier alpha value is -3.68. The van der Waals surface area contributed by atoms with Crippen LogP contribution in [0.5, 0.6) is 0 Å². The summed E-state index contributed by atoms with van der Waals surface area (Å²) in [5, 5.41) is 0. The largest absolute Gasteiger partial charge is 0.366 e. The highest BCUT2D eigenvalue weighted by molar-refractivity contribution is 6.15. The highest BCUT2D eigenvalue weighted by Crippen LogP contribution is 2.32. The number of hydrogen-bond acceptors (Lipinski definition) is 4. The van der Waals surface area contributed by atoms with Crippen molar-refractivity contribution < 1.29 is 19.2 Å². The zero-order chi connectivity index (χ0) is 24.0. The topological polar surface area (TPSA) is 127 Å². The van der Waals surface area contributed by atoms with E-state index in [1.165, 1.54) is 6.07 Å². The number of hydrogen-bond donors (Lipinski definition) is 2. The van der Waals surface area contributed by atoms with Gasteiger partial charge < -0.3 is 21.3 Å². The zero-order valence-corrected chi connectivity index (χ0v) is 19.0. The van der Waals surface area contributed by atoms with E-state index in [4.69, 9.17) is 11.5 Å². The van der Waals surface area contributed by atoms with E-state index < -0.39 is 11.8 Å². The number of benzene rings is 2. The molecule has 4 N–H and O–H groups in total. The van der Waals surface area contributed by atoms with Gasteiger partial charge in [0.05, 0.1) is 22.3 Å². The third-order valence-corrected chi connectivity index (χ3v) is 5.48. The van der Waals surface area contributed by atoms with Crippen molar-refractivity contribution in [1.29, 1.82) is 0 Å².